The van der Waals surface area contributed by atoms with Gasteiger partial charge in [-0.2, -0.15) is 0 Å². The maximum atomic E-state index is 13.3. The maximum absolute atomic E-state index is 13.3. The molecule has 0 spiro atoms. The number of pyridine rings is 2. The van der Waals surface area contributed by atoms with Gasteiger partial charge >= 0.3 is 5.97 Å². The Kier molecular flexibility index (Phi) is 2.59. The van der Waals surface area contributed by atoms with Crippen LogP contribution < -0.4 is 0 Å². The van der Waals surface area contributed by atoms with Crippen LogP contribution >= 0.6 is 0 Å². The van der Waals surface area contributed by atoms with Gasteiger partial charge in [-0.3, -0.25) is 4.98 Å². The highest BCUT2D eigenvalue weighted by Crippen LogP contribution is 2.20. The Morgan fingerprint density at radius 2 is 2.06 bits per heavy atom. The van der Waals surface area contributed by atoms with E-state index in [2.05, 4.69) is 9.97 Å². The van der Waals surface area contributed by atoms with Crippen molar-refractivity contribution in [3.8, 4) is 11.1 Å². The van der Waals surface area contributed by atoms with Gasteiger partial charge in [0.25, 0.3) is 0 Å². The molecule has 2 aromatic rings. The summed E-state index contributed by atoms with van der Waals surface area (Å²) in [4.78, 5) is 17.9. The fourth-order valence-corrected chi connectivity index (χ4v) is 1.29. The topological polar surface area (TPSA) is 63.1 Å². The van der Waals surface area contributed by atoms with Crippen LogP contribution in [0.5, 0.6) is 0 Å². The predicted molar refractivity (Wildman–Crippen MR) is 54.4 cm³/mol. The SMILES string of the molecule is O=C(O)c1ccc(-c2ccncc2F)cn1. The van der Waals surface area contributed by atoms with Crippen molar-refractivity contribution in [3.63, 3.8) is 0 Å². The van der Waals surface area contributed by atoms with Gasteiger partial charge in [0.1, 0.15) is 11.5 Å². The lowest BCUT2D eigenvalue weighted by Gasteiger charge is -2.02. The van der Waals surface area contributed by atoms with Crippen LogP contribution in [0.15, 0.2) is 36.8 Å². The zero-order chi connectivity index (χ0) is 11.5. The average molecular weight is 218 g/mol. The molecule has 2 rings (SSSR count). The van der Waals surface area contributed by atoms with Crippen LogP contribution in [0, 0.1) is 5.82 Å². The third-order valence-corrected chi connectivity index (χ3v) is 2.07. The molecule has 0 aliphatic rings. The Hall–Kier alpha value is -2.30. The van der Waals surface area contributed by atoms with Crippen LogP contribution in [0.3, 0.4) is 0 Å². The molecule has 5 heteroatoms. The number of halogens is 1. The smallest absolute Gasteiger partial charge is 0.354 e. The summed E-state index contributed by atoms with van der Waals surface area (Å²) in [5, 5.41) is 8.65. The van der Waals surface area contributed by atoms with E-state index in [0.717, 1.165) is 6.20 Å². The summed E-state index contributed by atoms with van der Waals surface area (Å²) >= 11 is 0. The molecule has 2 heterocycles. The van der Waals surface area contributed by atoms with Gasteiger partial charge in [0.15, 0.2) is 0 Å². The maximum Gasteiger partial charge on any atom is 0.354 e. The van der Waals surface area contributed by atoms with Gasteiger partial charge in [-0.1, -0.05) is 6.07 Å². The molecule has 0 saturated heterocycles. The summed E-state index contributed by atoms with van der Waals surface area (Å²) in [6, 6.07) is 4.35. The molecule has 0 aliphatic carbocycles. The van der Waals surface area contributed by atoms with Gasteiger partial charge in [-0.15, -0.1) is 0 Å². The first-order chi connectivity index (χ1) is 7.68. The highest BCUT2D eigenvalue weighted by Gasteiger charge is 2.07. The fraction of sp³-hybridized carbons (Fsp3) is 0. The van der Waals surface area contributed by atoms with Crippen molar-refractivity contribution >= 4 is 5.97 Å². The second-order valence-electron chi connectivity index (χ2n) is 3.09. The summed E-state index contributed by atoms with van der Waals surface area (Å²) in [5.41, 5.74) is 0.794. The minimum Gasteiger partial charge on any atom is -0.477 e. The molecule has 0 aliphatic heterocycles. The molecule has 0 saturated carbocycles. The van der Waals surface area contributed by atoms with Crippen LogP contribution in [0.1, 0.15) is 10.5 Å². The number of carboxylic acid groups (broad SMARTS) is 1. The second-order valence-corrected chi connectivity index (χ2v) is 3.09. The van der Waals surface area contributed by atoms with Gasteiger partial charge in [-0.25, -0.2) is 14.2 Å². The summed E-state index contributed by atoms with van der Waals surface area (Å²) in [6.45, 7) is 0. The number of rotatable bonds is 2. The van der Waals surface area contributed by atoms with Crippen LogP contribution in [0.25, 0.3) is 11.1 Å². The Morgan fingerprint density at radius 3 is 2.62 bits per heavy atom. The van der Waals surface area contributed by atoms with Gasteiger partial charge in [0, 0.05) is 23.5 Å². The number of aromatic nitrogens is 2. The van der Waals surface area contributed by atoms with Crippen molar-refractivity contribution in [1.82, 2.24) is 9.97 Å². The van der Waals surface area contributed by atoms with E-state index < -0.39 is 11.8 Å². The first-order valence-electron chi connectivity index (χ1n) is 4.47. The first-order valence-corrected chi connectivity index (χ1v) is 4.47. The molecule has 0 aromatic carbocycles. The van der Waals surface area contributed by atoms with Crippen molar-refractivity contribution in [2.75, 3.05) is 0 Å². The van der Waals surface area contributed by atoms with Crippen LogP contribution in [0.2, 0.25) is 0 Å². The van der Waals surface area contributed by atoms with Gasteiger partial charge < -0.3 is 5.11 Å². The van der Waals surface area contributed by atoms with E-state index in [9.17, 15) is 9.18 Å². The molecule has 4 nitrogen and oxygen atoms in total. The minimum absolute atomic E-state index is 0.0711. The molecular formula is C11H7FN2O2. The van der Waals surface area contributed by atoms with E-state index in [1.807, 2.05) is 0 Å². The van der Waals surface area contributed by atoms with E-state index in [-0.39, 0.29) is 5.69 Å². The average Bonchev–Trinajstić information content (AvgIpc) is 2.30. The van der Waals surface area contributed by atoms with E-state index in [0.29, 0.717) is 11.1 Å². The highest BCUT2D eigenvalue weighted by atomic mass is 19.1. The number of nitrogens with zero attached hydrogens (tertiary/aromatic N) is 2. The summed E-state index contributed by atoms with van der Waals surface area (Å²) < 4.78 is 13.3. The Bertz CT molecular complexity index is 526. The van der Waals surface area contributed by atoms with Crippen molar-refractivity contribution < 1.29 is 14.3 Å². The Labute approximate surface area is 90.4 Å². The molecule has 80 valence electrons. The highest BCUT2D eigenvalue weighted by molar-refractivity contribution is 5.85. The normalized spacial score (nSPS) is 10.1. The lowest BCUT2D eigenvalue weighted by molar-refractivity contribution is 0.0690. The Morgan fingerprint density at radius 1 is 1.25 bits per heavy atom. The molecule has 0 atom stereocenters. The number of carboxylic acids is 1. The van der Waals surface area contributed by atoms with Crippen LogP contribution in [0.4, 0.5) is 4.39 Å². The number of aromatic carboxylic acids is 1. The quantitative estimate of drug-likeness (QED) is 0.837. The molecular weight excluding hydrogens is 211 g/mol. The third-order valence-electron chi connectivity index (χ3n) is 2.07. The van der Waals surface area contributed by atoms with Gasteiger partial charge in [0.05, 0.1) is 6.20 Å². The molecule has 0 bridgehead atoms. The fourth-order valence-electron chi connectivity index (χ4n) is 1.29. The minimum atomic E-state index is -1.11. The van der Waals surface area contributed by atoms with E-state index in [1.54, 1.807) is 0 Å². The molecule has 0 radical (unpaired) electrons. The zero-order valence-electron chi connectivity index (χ0n) is 8.09. The summed E-state index contributed by atoms with van der Waals surface area (Å²) in [7, 11) is 0. The number of hydrogen-bond donors (Lipinski definition) is 1. The van der Waals surface area contributed by atoms with Crippen molar-refractivity contribution in [1.29, 1.82) is 0 Å². The molecule has 0 amide bonds. The predicted octanol–water partition coefficient (Wildman–Crippen LogP) is 1.98. The zero-order valence-corrected chi connectivity index (χ0v) is 8.09. The first kappa shape index (κ1) is 10.2. The van der Waals surface area contributed by atoms with E-state index in [4.69, 9.17) is 5.11 Å². The van der Waals surface area contributed by atoms with Crippen LogP contribution in [-0.2, 0) is 0 Å². The van der Waals surface area contributed by atoms with Crippen molar-refractivity contribution in [3.05, 3.63) is 48.3 Å². The standard InChI is InChI=1S/C11H7FN2O2/c12-9-6-13-4-3-8(9)7-1-2-10(11(15)16)14-5-7/h1-6H,(H,15,16). The number of hydrogen-bond acceptors (Lipinski definition) is 3. The second kappa shape index (κ2) is 4.06. The van der Waals surface area contributed by atoms with E-state index >= 15 is 0 Å². The molecule has 16 heavy (non-hydrogen) atoms. The van der Waals surface area contributed by atoms with Crippen LogP contribution in [-0.4, -0.2) is 21.0 Å². The van der Waals surface area contributed by atoms with Crippen molar-refractivity contribution in [2.24, 2.45) is 0 Å². The van der Waals surface area contributed by atoms with Gasteiger partial charge in [0.2, 0.25) is 0 Å². The summed E-state index contributed by atoms with van der Waals surface area (Å²) in [6.07, 6.45) is 3.88. The molecule has 1 N–H and O–H groups in total. The van der Waals surface area contributed by atoms with Crippen molar-refractivity contribution in [2.45, 2.75) is 0 Å². The monoisotopic (exact) mass is 218 g/mol. The van der Waals surface area contributed by atoms with Gasteiger partial charge in [-0.05, 0) is 12.1 Å². The number of carbonyl (C=O) groups is 1. The molecule has 0 fully saturated rings. The summed E-state index contributed by atoms with van der Waals surface area (Å²) in [5.74, 6) is -1.57. The molecule has 0 unspecified atom stereocenters. The third kappa shape index (κ3) is 1.88. The lowest BCUT2D eigenvalue weighted by atomic mass is 10.1. The van der Waals surface area contributed by atoms with E-state index in [1.165, 1.54) is 30.6 Å². The Balaban J connectivity index is 2.43. The largest absolute Gasteiger partial charge is 0.477 e. The molecule has 2 aromatic heterocycles. The lowest BCUT2D eigenvalue weighted by Crippen LogP contribution is -1.99.